The predicted molar refractivity (Wildman–Crippen MR) is 183 cm³/mol. The number of rotatable bonds is 8. The number of hydrogen-bond acceptors (Lipinski definition) is 7. The monoisotopic (exact) mass is 646 g/mol. The lowest BCUT2D eigenvalue weighted by molar-refractivity contribution is 0.0594. The first-order valence-corrected chi connectivity index (χ1v) is 18.6. The molecule has 1 aliphatic carbocycles. The summed E-state index contributed by atoms with van der Waals surface area (Å²) in [6, 6.07) is 11.9. The Kier molecular flexibility index (Phi) is 8.91. The molecule has 4 aromatic rings. The number of aromatic nitrogens is 2. The number of benzene rings is 2. The van der Waals surface area contributed by atoms with Crippen LogP contribution in [0.4, 0.5) is 0 Å². The predicted octanol–water partition coefficient (Wildman–Crippen LogP) is 7.14. The number of fused-ring (bicyclic) bond motifs is 4. The minimum atomic E-state index is -1.97. The Morgan fingerprint density at radius 3 is 2.41 bits per heavy atom. The fraction of sp³-hybridized carbons (Fsp3) is 0.444. The summed E-state index contributed by atoms with van der Waals surface area (Å²) in [5.74, 6) is -0.179. The highest BCUT2D eigenvalue weighted by molar-refractivity contribution is 6.74. The Balaban J connectivity index is 1.75. The van der Waals surface area contributed by atoms with Crippen molar-refractivity contribution in [2.24, 2.45) is 7.05 Å². The number of aryl methyl sites for hydroxylation is 2. The quantitative estimate of drug-likeness (QED) is 0.160. The van der Waals surface area contributed by atoms with E-state index >= 15 is 0 Å². The zero-order valence-corrected chi connectivity index (χ0v) is 29.7. The Bertz CT molecular complexity index is 1880. The summed E-state index contributed by atoms with van der Waals surface area (Å²) in [5.41, 5.74) is 4.94. The summed E-state index contributed by atoms with van der Waals surface area (Å²) in [5, 5.41) is 12.7. The molecule has 1 aliphatic rings. The number of aromatic hydroxyl groups is 1. The van der Waals surface area contributed by atoms with E-state index in [1.165, 1.54) is 7.11 Å². The zero-order chi connectivity index (χ0) is 33.7. The van der Waals surface area contributed by atoms with Crippen LogP contribution in [0, 0.1) is 0 Å². The van der Waals surface area contributed by atoms with Gasteiger partial charge in [0.25, 0.3) is 5.56 Å². The maximum Gasteiger partial charge on any atom is 0.347 e. The molecule has 46 heavy (non-hydrogen) atoms. The van der Waals surface area contributed by atoms with Crippen LogP contribution in [0.3, 0.4) is 0 Å². The van der Waals surface area contributed by atoms with E-state index in [2.05, 4.69) is 63.7 Å². The van der Waals surface area contributed by atoms with Crippen LogP contribution >= 0.6 is 0 Å². The average Bonchev–Trinajstić information content (AvgIpc) is 3.24. The smallest absolute Gasteiger partial charge is 0.347 e. The molecule has 1 atom stereocenters. The first kappa shape index (κ1) is 33.3. The van der Waals surface area contributed by atoms with Crippen LogP contribution in [0.15, 0.2) is 41.2 Å². The molecule has 0 amide bonds. The molecule has 1 unspecified atom stereocenters. The number of nitrogens with zero attached hydrogens (tertiary/aromatic N) is 2. The molecular formula is C36H46N2O7Si. The fourth-order valence-electron chi connectivity index (χ4n) is 6.12. The molecule has 9 nitrogen and oxygen atoms in total. The van der Waals surface area contributed by atoms with E-state index in [-0.39, 0.29) is 28.8 Å². The summed E-state index contributed by atoms with van der Waals surface area (Å²) >= 11 is 0. The van der Waals surface area contributed by atoms with Gasteiger partial charge in [0.2, 0.25) is 0 Å². The number of carbonyl (C=O) groups is 1. The van der Waals surface area contributed by atoms with Crippen LogP contribution in [-0.4, -0.2) is 49.9 Å². The maximum absolute atomic E-state index is 14.2. The van der Waals surface area contributed by atoms with Crippen molar-refractivity contribution in [3.63, 3.8) is 0 Å². The van der Waals surface area contributed by atoms with Crippen LogP contribution in [0.2, 0.25) is 18.1 Å². The number of esters is 1. The van der Waals surface area contributed by atoms with Crippen molar-refractivity contribution in [2.45, 2.75) is 77.7 Å². The fourth-order valence-corrected chi connectivity index (χ4v) is 7.06. The third kappa shape index (κ3) is 5.73. The Morgan fingerprint density at radius 2 is 1.78 bits per heavy atom. The third-order valence-electron chi connectivity index (χ3n) is 10.0. The van der Waals surface area contributed by atoms with E-state index in [9.17, 15) is 14.7 Å². The van der Waals surface area contributed by atoms with Crippen molar-refractivity contribution < 1.29 is 28.5 Å². The molecule has 0 spiro atoms. The molecule has 1 N–H and O–H groups in total. The minimum Gasteiger partial charge on any atom is -0.506 e. The van der Waals surface area contributed by atoms with Crippen molar-refractivity contribution >= 4 is 25.2 Å². The third-order valence-corrected chi connectivity index (χ3v) is 14.5. The second-order valence-corrected chi connectivity index (χ2v) is 18.6. The SMILES string of the molecule is COC(=O)c1c(O)c2c(n(Cc3ccc(OC)cc3OC)c1=O)-c1cc3cc(CO[Si](C)(C)C(C)(C)C)n(C)c3cc1CCC2C. The van der Waals surface area contributed by atoms with Crippen molar-refractivity contribution in [1.82, 2.24) is 9.13 Å². The molecule has 10 heteroatoms. The standard InChI is InChI=1S/C36H46N2O7Si/c1-21-11-12-22-17-28-24(15-25(37(28)5)20-45-46(9,10)36(2,3)4)16-27(22)32-30(21)33(39)31(35(41)44-8)34(40)38(32)19-23-13-14-26(42-6)18-29(23)43-7/h13-18,21,39H,11-12,19-20H2,1-10H3. The molecular weight excluding hydrogens is 600 g/mol. The number of carbonyl (C=O) groups excluding carboxylic acids is 1. The lowest BCUT2D eigenvalue weighted by Crippen LogP contribution is -2.40. The van der Waals surface area contributed by atoms with Gasteiger partial charge in [0.1, 0.15) is 17.2 Å². The molecule has 0 fully saturated rings. The van der Waals surface area contributed by atoms with E-state index in [1.54, 1.807) is 30.9 Å². The van der Waals surface area contributed by atoms with E-state index in [1.807, 2.05) is 13.0 Å². The highest BCUT2D eigenvalue weighted by Gasteiger charge is 2.37. The van der Waals surface area contributed by atoms with Gasteiger partial charge < -0.3 is 32.9 Å². The molecule has 2 aromatic heterocycles. The average molecular weight is 647 g/mol. The molecule has 0 saturated heterocycles. The lowest BCUT2D eigenvalue weighted by Gasteiger charge is -2.36. The molecule has 0 saturated carbocycles. The van der Waals surface area contributed by atoms with E-state index < -0.39 is 19.8 Å². The summed E-state index contributed by atoms with van der Waals surface area (Å²) in [7, 11) is 4.44. The highest BCUT2D eigenvalue weighted by atomic mass is 28.4. The van der Waals surface area contributed by atoms with Crippen LogP contribution in [0.1, 0.15) is 72.8 Å². The first-order chi connectivity index (χ1) is 21.6. The van der Waals surface area contributed by atoms with E-state index in [0.29, 0.717) is 29.4 Å². The van der Waals surface area contributed by atoms with Crippen molar-refractivity contribution in [2.75, 3.05) is 21.3 Å². The summed E-state index contributed by atoms with van der Waals surface area (Å²) in [6.07, 6.45) is 1.45. The van der Waals surface area contributed by atoms with Gasteiger partial charge >= 0.3 is 5.97 Å². The van der Waals surface area contributed by atoms with Crippen LogP contribution in [0.5, 0.6) is 17.2 Å². The minimum absolute atomic E-state index is 0.0939. The van der Waals surface area contributed by atoms with Crippen molar-refractivity contribution in [1.29, 1.82) is 0 Å². The number of pyridine rings is 1. The summed E-state index contributed by atoms with van der Waals surface area (Å²) < 4.78 is 26.4. The van der Waals surface area contributed by atoms with Gasteiger partial charge in [0, 0.05) is 46.4 Å². The van der Waals surface area contributed by atoms with Gasteiger partial charge in [-0.25, -0.2) is 4.79 Å². The molecule has 2 heterocycles. The molecule has 0 radical (unpaired) electrons. The maximum atomic E-state index is 14.2. The Labute approximate surface area is 271 Å². The van der Waals surface area contributed by atoms with Crippen LogP contribution in [0.25, 0.3) is 22.2 Å². The van der Waals surface area contributed by atoms with Gasteiger partial charge in [-0.15, -0.1) is 0 Å². The van der Waals surface area contributed by atoms with Gasteiger partial charge in [-0.05, 0) is 72.8 Å². The van der Waals surface area contributed by atoms with Gasteiger partial charge in [0.05, 0.1) is 40.2 Å². The topological polar surface area (TPSA) is 101 Å². The largest absolute Gasteiger partial charge is 0.506 e. The molecule has 0 bridgehead atoms. The molecule has 0 aliphatic heterocycles. The molecule has 5 rings (SSSR count). The first-order valence-electron chi connectivity index (χ1n) is 15.7. The summed E-state index contributed by atoms with van der Waals surface area (Å²) in [4.78, 5) is 27.2. The second-order valence-electron chi connectivity index (χ2n) is 13.8. The normalized spacial score (nSPS) is 14.9. The van der Waals surface area contributed by atoms with Gasteiger partial charge in [0.15, 0.2) is 13.9 Å². The van der Waals surface area contributed by atoms with Crippen LogP contribution < -0.4 is 15.0 Å². The number of hydrogen-bond donors (Lipinski definition) is 1. The van der Waals surface area contributed by atoms with Gasteiger partial charge in [-0.1, -0.05) is 27.7 Å². The number of methoxy groups -OCH3 is 3. The van der Waals surface area contributed by atoms with Gasteiger partial charge in [-0.2, -0.15) is 0 Å². The molecule has 246 valence electrons. The Hall–Kier alpha value is -4.02. The summed E-state index contributed by atoms with van der Waals surface area (Å²) in [6.45, 7) is 13.8. The van der Waals surface area contributed by atoms with Crippen molar-refractivity contribution in [3.8, 4) is 28.5 Å². The zero-order valence-electron chi connectivity index (χ0n) is 28.7. The number of ether oxygens (including phenoxy) is 3. The highest BCUT2D eigenvalue weighted by Crippen LogP contribution is 2.45. The molecule has 2 aromatic carbocycles. The Morgan fingerprint density at radius 1 is 1.07 bits per heavy atom. The van der Waals surface area contributed by atoms with Gasteiger partial charge in [-0.3, -0.25) is 4.79 Å². The van der Waals surface area contributed by atoms with E-state index in [4.69, 9.17) is 18.6 Å². The lowest BCUT2D eigenvalue weighted by atomic mass is 9.92. The second kappa shape index (κ2) is 12.3. The van der Waals surface area contributed by atoms with Crippen molar-refractivity contribution in [3.05, 3.63) is 74.7 Å². The van der Waals surface area contributed by atoms with E-state index in [0.717, 1.165) is 46.1 Å². The van der Waals surface area contributed by atoms with Crippen LogP contribution in [-0.2, 0) is 35.8 Å².